The number of ether oxygens (including phenoxy) is 2. The van der Waals surface area contributed by atoms with E-state index < -0.39 is 11.9 Å². The average molecular weight is 221 g/mol. The third kappa shape index (κ3) is 2.59. The first-order valence-electron chi connectivity index (χ1n) is 5.24. The summed E-state index contributed by atoms with van der Waals surface area (Å²) in [6.45, 7) is 3.89. The fraction of sp³-hybridized carbons (Fsp3) is 0.417. The number of hydrogen-bond acceptors (Lipinski definition) is 3. The molecule has 0 radical (unpaired) electrons. The molecule has 0 saturated carbocycles. The molecule has 2 rings (SSSR count). The maximum Gasteiger partial charge on any atom is 0.256 e. The van der Waals surface area contributed by atoms with Crippen molar-refractivity contribution in [3.63, 3.8) is 0 Å². The molecule has 4 heteroatoms. The maximum absolute atomic E-state index is 11.8. The lowest BCUT2D eigenvalue weighted by Gasteiger charge is -2.16. The molecule has 0 aromatic heterocycles. The van der Waals surface area contributed by atoms with Gasteiger partial charge in [-0.25, -0.2) is 0 Å². The molecule has 1 unspecified atom stereocenters. The quantitative estimate of drug-likeness (QED) is 0.828. The van der Waals surface area contributed by atoms with Gasteiger partial charge in [0.1, 0.15) is 0 Å². The van der Waals surface area contributed by atoms with Gasteiger partial charge in [-0.3, -0.25) is 4.79 Å². The molecule has 1 aliphatic rings. The van der Waals surface area contributed by atoms with Crippen LogP contribution in [0.3, 0.4) is 0 Å². The second-order valence-corrected chi connectivity index (χ2v) is 4.17. The van der Waals surface area contributed by atoms with E-state index in [-0.39, 0.29) is 5.91 Å². The maximum atomic E-state index is 11.8. The van der Waals surface area contributed by atoms with Crippen molar-refractivity contribution in [1.29, 1.82) is 0 Å². The summed E-state index contributed by atoms with van der Waals surface area (Å²) < 4.78 is 10.8. The summed E-state index contributed by atoms with van der Waals surface area (Å²) in [5.41, 5.74) is 0.765. The number of amides is 1. The van der Waals surface area contributed by atoms with Gasteiger partial charge in [0.15, 0.2) is 11.9 Å². The van der Waals surface area contributed by atoms with Crippen molar-refractivity contribution in [3.8, 4) is 0 Å². The average Bonchev–Trinajstić information content (AvgIpc) is 2.60. The highest BCUT2D eigenvalue weighted by molar-refractivity contribution is 5.94. The second kappa shape index (κ2) is 4.23. The lowest BCUT2D eigenvalue weighted by Crippen LogP contribution is -2.31. The first-order chi connectivity index (χ1) is 7.57. The van der Waals surface area contributed by atoms with E-state index in [1.807, 2.05) is 30.3 Å². The number of nitrogens with one attached hydrogen (secondary N) is 1. The van der Waals surface area contributed by atoms with Crippen molar-refractivity contribution >= 4 is 11.6 Å². The van der Waals surface area contributed by atoms with E-state index >= 15 is 0 Å². The van der Waals surface area contributed by atoms with Crippen LogP contribution in [-0.2, 0) is 14.3 Å². The van der Waals surface area contributed by atoms with Crippen LogP contribution in [0.25, 0.3) is 0 Å². The topological polar surface area (TPSA) is 47.6 Å². The van der Waals surface area contributed by atoms with Gasteiger partial charge in [0, 0.05) is 5.69 Å². The molecule has 1 aliphatic heterocycles. The summed E-state index contributed by atoms with van der Waals surface area (Å²) in [6.07, 6.45) is -0.532. The highest BCUT2D eigenvalue weighted by Crippen LogP contribution is 2.23. The molecule has 86 valence electrons. The van der Waals surface area contributed by atoms with Crippen LogP contribution in [0.5, 0.6) is 0 Å². The van der Waals surface area contributed by atoms with E-state index in [1.165, 1.54) is 0 Å². The summed E-state index contributed by atoms with van der Waals surface area (Å²) >= 11 is 0. The van der Waals surface area contributed by atoms with Gasteiger partial charge in [0.05, 0.1) is 6.61 Å². The zero-order chi connectivity index (χ0) is 11.6. The Hall–Kier alpha value is -1.39. The predicted molar refractivity (Wildman–Crippen MR) is 60.0 cm³/mol. The van der Waals surface area contributed by atoms with Gasteiger partial charge in [0.25, 0.3) is 5.91 Å². The monoisotopic (exact) mass is 221 g/mol. The molecule has 1 fully saturated rings. The third-order valence-corrected chi connectivity index (χ3v) is 2.34. The zero-order valence-corrected chi connectivity index (χ0v) is 9.40. The number of anilines is 1. The minimum atomic E-state index is -0.668. The highest BCUT2D eigenvalue weighted by Gasteiger charge is 2.36. The molecule has 1 amide bonds. The van der Waals surface area contributed by atoms with Crippen LogP contribution in [0.4, 0.5) is 5.69 Å². The van der Waals surface area contributed by atoms with E-state index in [4.69, 9.17) is 9.47 Å². The normalized spacial score (nSPS) is 23.0. The van der Waals surface area contributed by atoms with Gasteiger partial charge >= 0.3 is 0 Å². The fourth-order valence-electron chi connectivity index (χ4n) is 1.56. The van der Waals surface area contributed by atoms with E-state index in [1.54, 1.807) is 13.8 Å². The lowest BCUT2D eigenvalue weighted by molar-refractivity contribution is -0.150. The van der Waals surface area contributed by atoms with Crippen LogP contribution in [0.2, 0.25) is 0 Å². The first kappa shape index (κ1) is 11.1. The van der Waals surface area contributed by atoms with E-state index in [0.717, 1.165) is 5.69 Å². The smallest absolute Gasteiger partial charge is 0.256 e. The third-order valence-electron chi connectivity index (χ3n) is 2.34. The van der Waals surface area contributed by atoms with Crippen molar-refractivity contribution in [2.24, 2.45) is 0 Å². The molecular formula is C12H15NO3. The molecule has 0 spiro atoms. The van der Waals surface area contributed by atoms with Gasteiger partial charge in [-0.15, -0.1) is 0 Å². The van der Waals surface area contributed by atoms with Crippen molar-refractivity contribution < 1.29 is 14.3 Å². The number of benzene rings is 1. The van der Waals surface area contributed by atoms with Crippen LogP contribution in [-0.4, -0.2) is 24.4 Å². The van der Waals surface area contributed by atoms with E-state index in [0.29, 0.717) is 6.61 Å². The van der Waals surface area contributed by atoms with Gasteiger partial charge < -0.3 is 14.8 Å². The number of carbonyl (C=O) groups is 1. The predicted octanol–water partition coefficient (Wildman–Crippen LogP) is 1.78. The number of para-hydroxylation sites is 1. The Morgan fingerprint density at radius 2 is 2.06 bits per heavy atom. The summed E-state index contributed by atoms with van der Waals surface area (Å²) in [4.78, 5) is 11.8. The Balaban J connectivity index is 1.95. The van der Waals surface area contributed by atoms with Crippen molar-refractivity contribution in [2.75, 3.05) is 11.9 Å². The number of rotatable bonds is 2. The Labute approximate surface area is 94.6 Å². The molecule has 1 N–H and O–H groups in total. The van der Waals surface area contributed by atoms with Crippen LogP contribution in [0.15, 0.2) is 30.3 Å². The van der Waals surface area contributed by atoms with E-state index in [9.17, 15) is 4.79 Å². The molecule has 1 heterocycles. The molecule has 0 aliphatic carbocycles. The molecule has 4 nitrogen and oxygen atoms in total. The summed E-state index contributed by atoms with van der Waals surface area (Å²) in [6, 6.07) is 9.29. The molecule has 1 saturated heterocycles. The summed E-state index contributed by atoms with van der Waals surface area (Å²) in [7, 11) is 0. The minimum Gasteiger partial charge on any atom is -0.347 e. The number of hydrogen-bond donors (Lipinski definition) is 1. The Kier molecular flexibility index (Phi) is 2.94. The summed E-state index contributed by atoms with van der Waals surface area (Å²) in [5.74, 6) is -0.838. The Bertz CT molecular complexity index is 375. The van der Waals surface area contributed by atoms with Crippen LogP contribution < -0.4 is 5.32 Å². The van der Waals surface area contributed by atoms with Crippen LogP contribution >= 0.6 is 0 Å². The molecular weight excluding hydrogens is 206 g/mol. The first-order valence-corrected chi connectivity index (χ1v) is 5.24. The van der Waals surface area contributed by atoms with Crippen molar-refractivity contribution in [1.82, 2.24) is 0 Å². The van der Waals surface area contributed by atoms with E-state index in [2.05, 4.69) is 5.32 Å². The summed E-state index contributed by atoms with van der Waals surface area (Å²) in [5, 5.41) is 2.78. The fourth-order valence-corrected chi connectivity index (χ4v) is 1.56. The molecule has 1 aromatic carbocycles. The van der Waals surface area contributed by atoms with Crippen LogP contribution in [0.1, 0.15) is 13.8 Å². The number of carbonyl (C=O) groups excluding carboxylic acids is 1. The molecule has 1 atom stereocenters. The lowest BCUT2D eigenvalue weighted by atomic mass is 10.3. The Morgan fingerprint density at radius 3 is 2.62 bits per heavy atom. The second-order valence-electron chi connectivity index (χ2n) is 4.17. The van der Waals surface area contributed by atoms with Crippen molar-refractivity contribution in [2.45, 2.75) is 25.7 Å². The van der Waals surface area contributed by atoms with Crippen molar-refractivity contribution in [3.05, 3.63) is 30.3 Å². The largest absolute Gasteiger partial charge is 0.347 e. The minimum absolute atomic E-state index is 0.170. The zero-order valence-electron chi connectivity index (χ0n) is 9.40. The standard InChI is InChI=1S/C12H15NO3/c1-12(2)15-8-10(16-12)11(14)13-9-6-4-3-5-7-9/h3-7,10H,8H2,1-2H3,(H,13,14). The SMILES string of the molecule is CC1(C)OCC(C(=O)Nc2ccccc2)O1. The highest BCUT2D eigenvalue weighted by atomic mass is 16.7. The van der Waals surface area contributed by atoms with Gasteiger partial charge in [-0.05, 0) is 26.0 Å². The molecule has 16 heavy (non-hydrogen) atoms. The van der Waals surface area contributed by atoms with Crippen LogP contribution in [0, 0.1) is 0 Å². The van der Waals surface area contributed by atoms with Gasteiger partial charge in [-0.2, -0.15) is 0 Å². The molecule has 1 aromatic rings. The van der Waals surface area contributed by atoms with Gasteiger partial charge in [-0.1, -0.05) is 18.2 Å². The molecule has 0 bridgehead atoms. The van der Waals surface area contributed by atoms with Gasteiger partial charge in [0.2, 0.25) is 0 Å². The Morgan fingerprint density at radius 1 is 1.38 bits per heavy atom.